The van der Waals surface area contributed by atoms with Gasteiger partial charge in [0.25, 0.3) is 0 Å². The van der Waals surface area contributed by atoms with Crippen LogP contribution in [0, 0.1) is 5.92 Å². The van der Waals surface area contributed by atoms with Crippen LogP contribution < -0.4 is 0 Å². The van der Waals surface area contributed by atoms with Crippen molar-refractivity contribution in [2.75, 3.05) is 11.5 Å². The fraction of sp³-hybridized carbons (Fsp3) is 0.917. The Balaban J connectivity index is 1.76. The molecule has 2 aliphatic heterocycles. The van der Waals surface area contributed by atoms with Gasteiger partial charge in [-0.05, 0) is 50.0 Å². The Bertz CT molecular complexity index is 224. The summed E-state index contributed by atoms with van der Waals surface area (Å²) in [5.74, 6) is 3.47. The third-order valence-electron chi connectivity index (χ3n) is 3.42. The van der Waals surface area contributed by atoms with Crippen molar-refractivity contribution in [1.82, 2.24) is 0 Å². The van der Waals surface area contributed by atoms with E-state index in [1.165, 1.54) is 24.3 Å². The molecule has 0 amide bonds. The van der Waals surface area contributed by atoms with E-state index in [0.29, 0.717) is 17.8 Å². The molecule has 0 N–H and O–H groups in total. The third-order valence-corrected chi connectivity index (χ3v) is 4.47. The number of carbonyl (C=O) groups is 1. The highest BCUT2D eigenvalue weighted by atomic mass is 32.2. The lowest BCUT2D eigenvalue weighted by molar-refractivity contribution is -0.130. The fourth-order valence-electron chi connectivity index (χ4n) is 2.41. The van der Waals surface area contributed by atoms with Crippen molar-refractivity contribution in [3.05, 3.63) is 0 Å². The van der Waals surface area contributed by atoms with Gasteiger partial charge in [0.05, 0.1) is 6.10 Å². The van der Waals surface area contributed by atoms with Gasteiger partial charge in [-0.15, -0.1) is 0 Å². The lowest BCUT2D eigenvalue weighted by atomic mass is 9.94. The van der Waals surface area contributed by atoms with Crippen LogP contribution in [0.2, 0.25) is 0 Å². The van der Waals surface area contributed by atoms with Crippen molar-refractivity contribution in [3.63, 3.8) is 0 Å². The van der Waals surface area contributed by atoms with Crippen LogP contribution in [-0.4, -0.2) is 29.5 Å². The average Bonchev–Trinajstić information content (AvgIpc) is 2.66. The van der Waals surface area contributed by atoms with Crippen molar-refractivity contribution < 1.29 is 9.53 Å². The van der Waals surface area contributed by atoms with E-state index in [-0.39, 0.29) is 6.10 Å². The first-order valence-electron chi connectivity index (χ1n) is 6.01. The van der Waals surface area contributed by atoms with Crippen LogP contribution >= 0.6 is 11.8 Å². The van der Waals surface area contributed by atoms with Crippen molar-refractivity contribution in [2.45, 2.75) is 51.2 Å². The summed E-state index contributed by atoms with van der Waals surface area (Å²) in [6.07, 6.45) is 5.42. The van der Waals surface area contributed by atoms with Crippen LogP contribution in [-0.2, 0) is 9.53 Å². The van der Waals surface area contributed by atoms with Gasteiger partial charge in [-0.2, -0.15) is 11.8 Å². The van der Waals surface area contributed by atoms with E-state index in [1.807, 2.05) is 11.8 Å². The van der Waals surface area contributed by atoms with Gasteiger partial charge in [0.2, 0.25) is 0 Å². The first kappa shape index (κ1) is 11.5. The molecule has 3 heteroatoms. The second-order valence-corrected chi connectivity index (χ2v) is 5.96. The molecule has 2 unspecified atom stereocenters. The maximum atomic E-state index is 11.9. The van der Waals surface area contributed by atoms with Gasteiger partial charge in [0.15, 0.2) is 5.78 Å². The Morgan fingerprint density at radius 3 is 2.60 bits per heavy atom. The molecule has 0 aromatic carbocycles. The van der Waals surface area contributed by atoms with Gasteiger partial charge in [0.1, 0.15) is 6.10 Å². The van der Waals surface area contributed by atoms with Crippen LogP contribution in [0.1, 0.15) is 39.0 Å². The van der Waals surface area contributed by atoms with E-state index in [0.717, 1.165) is 19.3 Å². The molecule has 0 aliphatic carbocycles. The summed E-state index contributed by atoms with van der Waals surface area (Å²) >= 11 is 2.02. The zero-order valence-corrected chi connectivity index (χ0v) is 10.2. The summed E-state index contributed by atoms with van der Waals surface area (Å²) in [5.41, 5.74) is 0. The average molecular weight is 228 g/mol. The Hall–Kier alpha value is -0.0200. The summed E-state index contributed by atoms with van der Waals surface area (Å²) < 4.78 is 5.61. The van der Waals surface area contributed by atoms with E-state index in [1.54, 1.807) is 0 Å². The Kier molecular flexibility index (Phi) is 4.09. The van der Waals surface area contributed by atoms with Gasteiger partial charge >= 0.3 is 0 Å². The summed E-state index contributed by atoms with van der Waals surface area (Å²) in [4.78, 5) is 11.9. The quantitative estimate of drug-likeness (QED) is 0.743. The molecule has 2 nitrogen and oxygen atoms in total. The van der Waals surface area contributed by atoms with E-state index >= 15 is 0 Å². The SMILES string of the molecule is CC1CCC(C(=O)CC2CCSCC2)O1. The summed E-state index contributed by atoms with van der Waals surface area (Å²) in [5, 5.41) is 0. The Labute approximate surface area is 96.1 Å². The van der Waals surface area contributed by atoms with E-state index < -0.39 is 0 Å². The lowest BCUT2D eigenvalue weighted by Gasteiger charge is -2.21. The van der Waals surface area contributed by atoms with Crippen molar-refractivity contribution in [1.29, 1.82) is 0 Å². The molecule has 2 aliphatic rings. The van der Waals surface area contributed by atoms with Crippen molar-refractivity contribution >= 4 is 17.5 Å². The highest BCUT2D eigenvalue weighted by Gasteiger charge is 2.29. The van der Waals surface area contributed by atoms with Gasteiger partial charge < -0.3 is 4.74 Å². The normalized spacial score (nSPS) is 33.1. The van der Waals surface area contributed by atoms with Crippen LogP contribution in [0.5, 0.6) is 0 Å². The van der Waals surface area contributed by atoms with Crippen molar-refractivity contribution in [3.8, 4) is 0 Å². The minimum atomic E-state index is -0.0745. The molecule has 0 spiro atoms. The van der Waals surface area contributed by atoms with E-state index in [2.05, 4.69) is 6.92 Å². The molecule has 0 radical (unpaired) electrons. The smallest absolute Gasteiger partial charge is 0.161 e. The van der Waals surface area contributed by atoms with Crippen LogP contribution in [0.3, 0.4) is 0 Å². The number of Topliss-reactive ketones (excluding diaryl/α,β-unsaturated/α-hetero) is 1. The molecule has 0 saturated carbocycles. The second-order valence-electron chi connectivity index (χ2n) is 4.74. The first-order chi connectivity index (χ1) is 7.25. The molecule has 2 rings (SSSR count). The van der Waals surface area contributed by atoms with E-state index in [4.69, 9.17) is 4.74 Å². The lowest BCUT2D eigenvalue weighted by Crippen LogP contribution is -2.24. The van der Waals surface area contributed by atoms with Crippen LogP contribution in [0.4, 0.5) is 0 Å². The zero-order valence-electron chi connectivity index (χ0n) is 9.41. The number of thioether (sulfide) groups is 1. The molecule has 0 aromatic rings. The predicted octanol–water partition coefficient (Wildman–Crippen LogP) is 2.66. The molecule has 15 heavy (non-hydrogen) atoms. The highest BCUT2D eigenvalue weighted by Crippen LogP contribution is 2.28. The molecule has 2 heterocycles. The Morgan fingerprint density at radius 1 is 1.27 bits per heavy atom. The molecular weight excluding hydrogens is 208 g/mol. The number of ketones is 1. The topological polar surface area (TPSA) is 26.3 Å². The van der Waals surface area contributed by atoms with E-state index in [9.17, 15) is 4.79 Å². The number of hydrogen-bond acceptors (Lipinski definition) is 3. The number of carbonyl (C=O) groups excluding carboxylic acids is 1. The van der Waals surface area contributed by atoms with Gasteiger partial charge in [-0.25, -0.2) is 0 Å². The molecule has 0 bridgehead atoms. The molecule has 0 aromatic heterocycles. The number of rotatable bonds is 3. The summed E-state index contributed by atoms with van der Waals surface area (Å²) in [7, 11) is 0. The maximum absolute atomic E-state index is 11.9. The Morgan fingerprint density at radius 2 is 2.00 bits per heavy atom. The minimum Gasteiger partial charge on any atom is -0.368 e. The largest absolute Gasteiger partial charge is 0.368 e. The number of hydrogen-bond donors (Lipinski definition) is 0. The molecule has 2 atom stereocenters. The summed E-state index contributed by atoms with van der Waals surface area (Å²) in [6, 6.07) is 0. The highest BCUT2D eigenvalue weighted by molar-refractivity contribution is 7.99. The van der Waals surface area contributed by atoms with Crippen molar-refractivity contribution in [2.24, 2.45) is 5.92 Å². The monoisotopic (exact) mass is 228 g/mol. The molecule has 86 valence electrons. The second kappa shape index (κ2) is 5.35. The van der Waals surface area contributed by atoms with Crippen LogP contribution in [0.15, 0.2) is 0 Å². The standard InChI is InChI=1S/C12H20O2S/c1-9-2-3-12(14-9)11(13)8-10-4-6-15-7-5-10/h9-10,12H,2-8H2,1H3. The third kappa shape index (κ3) is 3.22. The zero-order chi connectivity index (χ0) is 10.7. The first-order valence-corrected chi connectivity index (χ1v) is 7.17. The number of ether oxygens (including phenoxy) is 1. The fourth-order valence-corrected chi connectivity index (χ4v) is 3.61. The molecule has 2 saturated heterocycles. The van der Waals surface area contributed by atoms with Gasteiger partial charge in [0, 0.05) is 6.42 Å². The molecular formula is C12H20O2S. The minimum absolute atomic E-state index is 0.0745. The van der Waals surface area contributed by atoms with Crippen LogP contribution in [0.25, 0.3) is 0 Å². The molecule has 2 fully saturated rings. The summed E-state index contributed by atoms with van der Waals surface area (Å²) in [6.45, 7) is 2.06. The predicted molar refractivity (Wildman–Crippen MR) is 63.2 cm³/mol. The van der Waals surface area contributed by atoms with Gasteiger partial charge in [-0.1, -0.05) is 0 Å². The van der Waals surface area contributed by atoms with Gasteiger partial charge in [-0.3, -0.25) is 4.79 Å². The maximum Gasteiger partial charge on any atom is 0.161 e.